The van der Waals surface area contributed by atoms with Crippen LogP contribution < -0.4 is 14.2 Å². The fourth-order valence-electron chi connectivity index (χ4n) is 3.24. The molecule has 168 valence electrons. The third-order valence-electron chi connectivity index (χ3n) is 4.80. The van der Waals surface area contributed by atoms with E-state index in [9.17, 15) is 0 Å². The molecule has 0 N–H and O–H groups in total. The molecule has 0 saturated heterocycles. The molecule has 5 nitrogen and oxygen atoms in total. The van der Waals surface area contributed by atoms with Gasteiger partial charge in [-0.1, -0.05) is 29.4 Å². The minimum atomic E-state index is 0.401. The minimum absolute atomic E-state index is 0.401. The van der Waals surface area contributed by atoms with E-state index in [1.54, 1.807) is 6.21 Å². The van der Waals surface area contributed by atoms with Gasteiger partial charge >= 0.3 is 0 Å². The van der Waals surface area contributed by atoms with Gasteiger partial charge in [0.25, 0.3) is 0 Å². The van der Waals surface area contributed by atoms with E-state index in [-0.39, 0.29) is 0 Å². The lowest BCUT2D eigenvalue weighted by Gasteiger charge is -2.14. The van der Waals surface area contributed by atoms with Crippen LogP contribution in [0.4, 0.5) is 0 Å². The van der Waals surface area contributed by atoms with E-state index < -0.39 is 0 Å². The van der Waals surface area contributed by atoms with Crippen molar-refractivity contribution in [3.63, 3.8) is 0 Å². The lowest BCUT2D eigenvalue weighted by Crippen LogP contribution is -2.02. The van der Waals surface area contributed by atoms with E-state index >= 15 is 0 Å². The van der Waals surface area contributed by atoms with Gasteiger partial charge in [0.05, 0.1) is 12.8 Å². The van der Waals surface area contributed by atoms with Crippen LogP contribution in [0.1, 0.15) is 42.9 Å². The molecule has 0 radical (unpaired) electrons. The summed E-state index contributed by atoms with van der Waals surface area (Å²) in [7, 11) is 1.51. The number of rotatable bonds is 14. The van der Waals surface area contributed by atoms with E-state index in [4.69, 9.17) is 14.2 Å². The third kappa shape index (κ3) is 9.16. The number of unbranched alkanes of at least 4 members (excludes halogenated alkanes) is 2. The zero-order valence-electron chi connectivity index (χ0n) is 19.2. The lowest BCUT2D eigenvalue weighted by atomic mass is 10.1. The van der Waals surface area contributed by atoms with Crippen LogP contribution in [0.3, 0.4) is 0 Å². The van der Waals surface area contributed by atoms with Crippen LogP contribution in [0.25, 0.3) is 0 Å². The maximum absolute atomic E-state index is 6.07. The number of hydrogen-bond acceptors (Lipinski definition) is 5. The average molecular weight is 426 g/mol. The smallest absolute Gasteiger partial charge is 0.127 e. The van der Waals surface area contributed by atoms with E-state index in [1.165, 1.54) is 12.7 Å². The van der Waals surface area contributed by atoms with Crippen molar-refractivity contribution in [2.24, 2.45) is 5.16 Å². The highest BCUT2D eigenvalue weighted by Crippen LogP contribution is 2.28. The molecule has 0 bridgehead atoms. The van der Waals surface area contributed by atoms with Crippen LogP contribution in [0.2, 0.25) is 0 Å². The maximum Gasteiger partial charge on any atom is 0.127 e. The largest absolute Gasteiger partial charge is 0.493 e. The quantitative estimate of drug-likeness (QED) is 0.160. The van der Waals surface area contributed by atoms with Gasteiger partial charge in [0.15, 0.2) is 0 Å². The molecule has 0 fully saturated rings. The normalized spacial score (nSPS) is 11.2. The number of benzene rings is 2. The molecule has 0 aliphatic heterocycles. The Morgan fingerprint density at radius 3 is 2.23 bits per heavy atom. The molecule has 0 aliphatic rings. The van der Waals surface area contributed by atoms with Crippen molar-refractivity contribution in [1.82, 2.24) is 0 Å². The number of oxime groups is 1. The zero-order valence-corrected chi connectivity index (χ0v) is 19.2. The van der Waals surface area contributed by atoms with E-state index in [2.05, 4.69) is 36.0 Å². The van der Waals surface area contributed by atoms with E-state index in [0.29, 0.717) is 13.2 Å². The van der Waals surface area contributed by atoms with Crippen molar-refractivity contribution < 1.29 is 19.0 Å². The zero-order chi connectivity index (χ0) is 22.3. The molecule has 2 aromatic rings. The molecule has 0 saturated carbocycles. The number of allylic oxidation sites excluding steroid dienone is 1. The summed E-state index contributed by atoms with van der Waals surface area (Å²) in [6.07, 6.45) is 9.94. The summed E-state index contributed by atoms with van der Waals surface area (Å²) in [6.45, 7) is 7.86. The van der Waals surface area contributed by atoms with Gasteiger partial charge in [0, 0.05) is 0 Å². The third-order valence-corrected chi connectivity index (χ3v) is 4.80. The Kier molecular flexibility index (Phi) is 11.1. The van der Waals surface area contributed by atoms with Crippen molar-refractivity contribution in [3.8, 4) is 17.2 Å². The summed E-state index contributed by atoms with van der Waals surface area (Å²) in [5.74, 6) is 2.70. The van der Waals surface area contributed by atoms with Gasteiger partial charge < -0.3 is 19.0 Å². The SMILES string of the molecule is C/C=C/COc1cc(C)c(OCCCCCc2ccc(OC/C=N/OC)cc2)c(C)c1. The first kappa shape index (κ1) is 24.3. The standard InChI is InChI=1S/C26H35NO4/c1-5-6-16-29-25-19-21(2)26(22(3)20-25)31-17-9-7-8-10-23-11-13-24(14-12-23)30-18-15-27-28-4/h5-6,11-15,19-20H,7-10,16-18H2,1-4H3/b6-5+,27-15+. The molecule has 31 heavy (non-hydrogen) atoms. The van der Waals surface area contributed by atoms with Gasteiger partial charge in [-0.2, -0.15) is 0 Å². The minimum Gasteiger partial charge on any atom is -0.493 e. The summed E-state index contributed by atoms with van der Waals surface area (Å²) in [5, 5.41) is 3.65. The molecule has 0 heterocycles. The highest BCUT2D eigenvalue weighted by atomic mass is 16.6. The summed E-state index contributed by atoms with van der Waals surface area (Å²) >= 11 is 0. The molecule has 2 aromatic carbocycles. The molecule has 0 amide bonds. The molecule has 5 heteroatoms. The van der Waals surface area contributed by atoms with Crippen LogP contribution >= 0.6 is 0 Å². The van der Waals surface area contributed by atoms with Gasteiger partial charge in [-0.25, -0.2) is 0 Å². The van der Waals surface area contributed by atoms with Crippen molar-refractivity contribution in [2.75, 3.05) is 26.9 Å². The average Bonchev–Trinajstić information content (AvgIpc) is 2.76. The Balaban J connectivity index is 1.66. The van der Waals surface area contributed by atoms with Gasteiger partial charge in [-0.15, -0.1) is 0 Å². The van der Waals surface area contributed by atoms with Crippen LogP contribution in [0.5, 0.6) is 17.2 Å². The second-order valence-corrected chi connectivity index (χ2v) is 7.35. The Bertz CT molecular complexity index is 805. The lowest BCUT2D eigenvalue weighted by molar-refractivity contribution is 0.212. The number of nitrogens with zero attached hydrogens (tertiary/aromatic N) is 1. The topological polar surface area (TPSA) is 49.3 Å². The molecule has 0 atom stereocenters. The van der Waals surface area contributed by atoms with Crippen molar-refractivity contribution in [3.05, 3.63) is 65.2 Å². The van der Waals surface area contributed by atoms with Crippen LogP contribution in [0.15, 0.2) is 53.7 Å². The molecule has 0 spiro atoms. The maximum atomic E-state index is 6.07. The summed E-state index contributed by atoms with van der Waals surface area (Å²) in [4.78, 5) is 4.60. The Labute approximate surface area is 186 Å². The Morgan fingerprint density at radius 2 is 1.55 bits per heavy atom. The van der Waals surface area contributed by atoms with E-state index in [0.717, 1.165) is 60.7 Å². The summed E-state index contributed by atoms with van der Waals surface area (Å²) < 4.78 is 17.4. The summed E-state index contributed by atoms with van der Waals surface area (Å²) in [6, 6.07) is 12.3. The van der Waals surface area contributed by atoms with Crippen molar-refractivity contribution >= 4 is 6.21 Å². The molecule has 0 unspecified atom stereocenters. The second kappa shape index (κ2) is 14.1. The van der Waals surface area contributed by atoms with Gasteiger partial charge in [0.2, 0.25) is 0 Å². The van der Waals surface area contributed by atoms with Crippen molar-refractivity contribution in [2.45, 2.75) is 46.5 Å². The molecular formula is C26H35NO4. The van der Waals surface area contributed by atoms with Crippen LogP contribution in [-0.2, 0) is 11.3 Å². The summed E-state index contributed by atoms with van der Waals surface area (Å²) in [5.41, 5.74) is 3.55. The number of ether oxygens (including phenoxy) is 3. The molecule has 0 aliphatic carbocycles. The Morgan fingerprint density at radius 1 is 0.839 bits per heavy atom. The van der Waals surface area contributed by atoms with Gasteiger partial charge in [0.1, 0.15) is 37.6 Å². The first-order valence-corrected chi connectivity index (χ1v) is 10.9. The monoisotopic (exact) mass is 425 g/mol. The van der Waals surface area contributed by atoms with Gasteiger partial charge in [-0.05, 0) is 87.4 Å². The number of aryl methyl sites for hydroxylation is 3. The van der Waals surface area contributed by atoms with Gasteiger partial charge in [-0.3, -0.25) is 0 Å². The first-order chi connectivity index (χ1) is 15.1. The molecule has 0 aromatic heterocycles. The van der Waals surface area contributed by atoms with Crippen molar-refractivity contribution in [1.29, 1.82) is 0 Å². The van der Waals surface area contributed by atoms with Crippen LogP contribution in [0, 0.1) is 13.8 Å². The van der Waals surface area contributed by atoms with E-state index in [1.807, 2.05) is 43.3 Å². The highest BCUT2D eigenvalue weighted by Gasteiger charge is 2.07. The number of hydrogen-bond donors (Lipinski definition) is 0. The predicted molar refractivity (Wildman–Crippen MR) is 127 cm³/mol. The second-order valence-electron chi connectivity index (χ2n) is 7.35. The molecular weight excluding hydrogens is 390 g/mol. The molecule has 2 rings (SSSR count). The highest BCUT2D eigenvalue weighted by molar-refractivity contribution is 5.58. The predicted octanol–water partition coefficient (Wildman–Crippen LogP) is 6.06. The van der Waals surface area contributed by atoms with Crippen LogP contribution in [-0.4, -0.2) is 33.1 Å². The fourth-order valence-corrected chi connectivity index (χ4v) is 3.24. The fraction of sp³-hybridized carbons (Fsp3) is 0.423. The Hall–Kier alpha value is -2.95. The first-order valence-electron chi connectivity index (χ1n) is 10.9.